The second kappa shape index (κ2) is 7.23. The molecule has 1 saturated carbocycles. The van der Waals surface area contributed by atoms with E-state index >= 15 is 0 Å². The number of benzene rings is 1. The second-order valence-electron chi connectivity index (χ2n) is 5.81. The fraction of sp³-hybridized carbons (Fsp3) is 0.471. The average molecular weight is 348 g/mol. The van der Waals surface area contributed by atoms with E-state index in [9.17, 15) is 0 Å². The molecule has 1 heterocycles. The first-order chi connectivity index (χ1) is 10.3. The first-order valence-corrected chi connectivity index (χ1v) is 8.60. The van der Waals surface area contributed by atoms with Gasteiger partial charge in [0.25, 0.3) is 0 Å². The SMILES string of the molecule is Brc1cccc(CNCc2ccn(C3CCCCC3)n2)c1. The number of nitrogens with one attached hydrogen (secondary N) is 1. The minimum absolute atomic E-state index is 0.623. The predicted molar refractivity (Wildman–Crippen MR) is 89.0 cm³/mol. The normalized spacial score (nSPS) is 16.2. The molecule has 3 rings (SSSR count). The van der Waals surface area contributed by atoms with Crippen LogP contribution in [-0.2, 0) is 13.1 Å². The largest absolute Gasteiger partial charge is 0.307 e. The lowest BCUT2D eigenvalue weighted by Gasteiger charge is -2.21. The minimum atomic E-state index is 0.623. The molecule has 1 aromatic heterocycles. The second-order valence-corrected chi connectivity index (χ2v) is 6.73. The Morgan fingerprint density at radius 3 is 2.81 bits per heavy atom. The summed E-state index contributed by atoms with van der Waals surface area (Å²) in [4.78, 5) is 0. The highest BCUT2D eigenvalue weighted by Gasteiger charge is 2.15. The standard InChI is InChI=1S/C17H22BrN3/c18-15-6-4-5-14(11-15)12-19-13-16-9-10-21(20-16)17-7-2-1-3-8-17/h4-6,9-11,17,19H,1-3,7-8,12-13H2. The Hall–Kier alpha value is -1.13. The van der Waals surface area contributed by atoms with E-state index in [1.807, 2.05) is 0 Å². The van der Waals surface area contributed by atoms with Crippen LogP contribution in [0.1, 0.15) is 49.4 Å². The van der Waals surface area contributed by atoms with Crippen LogP contribution in [0.4, 0.5) is 0 Å². The van der Waals surface area contributed by atoms with E-state index in [-0.39, 0.29) is 0 Å². The maximum Gasteiger partial charge on any atom is 0.0762 e. The van der Waals surface area contributed by atoms with Gasteiger partial charge in [-0.1, -0.05) is 47.3 Å². The van der Waals surface area contributed by atoms with Crippen molar-refractivity contribution < 1.29 is 0 Å². The maximum absolute atomic E-state index is 4.73. The van der Waals surface area contributed by atoms with Crippen molar-refractivity contribution in [1.82, 2.24) is 15.1 Å². The van der Waals surface area contributed by atoms with Crippen molar-refractivity contribution in [2.24, 2.45) is 0 Å². The summed E-state index contributed by atoms with van der Waals surface area (Å²) >= 11 is 3.50. The van der Waals surface area contributed by atoms with Gasteiger partial charge < -0.3 is 5.32 Å². The third kappa shape index (κ3) is 4.17. The van der Waals surface area contributed by atoms with E-state index in [0.29, 0.717) is 6.04 Å². The van der Waals surface area contributed by atoms with E-state index in [4.69, 9.17) is 5.10 Å². The van der Waals surface area contributed by atoms with Crippen molar-refractivity contribution >= 4 is 15.9 Å². The summed E-state index contributed by atoms with van der Waals surface area (Å²) in [6.07, 6.45) is 8.80. The lowest BCUT2D eigenvalue weighted by Crippen LogP contribution is -2.16. The molecule has 3 nitrogen and oxygen atoms in total. The van der Waals surface area contributed by atoms with Gasteiger partial charge in [-0.15, -0.1) is 0 Å². The molecule has 0 aliphatic heterocycles. The molecule has 0 amide bonds. The smallest absolute Gasteiger partial charge is 0.0762 e. The topological polar surface area (TPSA) is 29.9 Å². The molecule has 0 bridgehead atoms. The molecule has 112 valence electrons. The zero-order valence-electron chi connectivity index (χ0n) is 12.3. The number of nitrogens with zero attached hydrogens (tertiary/aromatic N) is 2. The fourth-order valence-corrected chi connectivity index (χ4v) is 3.45. The third-order valence-electron chi connectivity index (χ3n) is 4.14. The Bertz CT molecular complexity index is 573. The van der Waals surface area contributed by atoms with Gasteiger partial charge in [-0.3, -0.25) is 4.68 Å². The van der Waals surface area contributed by atoms with Gasteiger partial charge in [0, 0.05) is 23.8 Å². The van der Waals surface area contributed by atoms with Crippen molar-refractivity contribution in [3.8, 4) is 0 Å². The zero-order chi connectivity index (χ0) is 14.5. The summed E-state index contributed by atoms with van der Waals surface area (Å²) < 4.78 is 3.30. The van der Waals surface area contributed by atoms with Crippen LogP contribution < -0.4 is 5.32 Å². The molecular weight excluding hydrogens is 326 g/mol. The Morgan fingerprint density at radius 2 is 2.00 bits per heavy atom. The van der Waals surface area contributed by atoms with Crippen LogP contribution in [0.3, 0.4) is 0 Å². The highest BCUT2D eigenvalue weighted by atomic mass is 79.9. The number of hydrogen-bond donors (Lipinski definition) is 1. The van der Waals surface area contributed by atoms with Crippen LogP contribution >= 0.6 is 15.9 Å². The van der Waals surface area contributed by atoms with Gasteiger partial charge in [-0.2, -0.15) is 5.10 Å². The number of hydrogen-bond acceptors (Lipinski definition) is 2. The Kier molecular flexibility index (Phi) is 5.09. The van der Waals surface area contributed by atoms with E-state index < -0.39 is 0 Å². The van der Waals surface area contributed by atoms with Crippen LogP contribution in [0.2, 0.25) is 0 Å². The lowest BCUT2D eigenvalue weighted by molar-refractivity contribution is 0.327. The monoisotopic (exact) mass is 347 g/mol. The summed E-state index contributed by atoms with van der Waals surface area (Å²) in [5.41, 5.74) is 2.42. The van der Waals surface area contributed by atoms with Crippen molar-refractivity contribution in [2.75, 3.05) is 0 Å². The molecule has 1 aliphatic rings. The first kappa shape index (κ1) is 14.8. The van der Waals surface area contributed by atoms with Crippen LogP contribution in [0.25, 0.3) is 0 Å². The molecule has 21 heavy (non-hydrogen) atoms. The maximum atomic E-state index is 4.73. The number of rotatable bonds is 5. The fourth-order valence-electron chi connectivity index (χ4n) is 3.00. The lowest BCUT2D eigenvalue weighted by atomic mass is 9.96. The summed E-state index contributed by atoms with van der Waals surface area (Å²) in [5.74, 6) is 0. The van der Waals surface area contributed by atoms with Crippen molar-refractivity contribution in [3.63, 3.8) is 0 Å². The first-order valence-electron chi connectivity index (χ1n) is 7.80. The molecule has 0 radical (unpaired) electrons. The van der Waals surface area contributed by atoms with Crippen molar-refractivity contribution in [3.05, 3.63) is 52.3 Å². The van der Waals surface area contributed by atoms with Crippen molar-refractivity contribution in [2.45, 2.75) is 51.2 Å². The molecule has 1 fully saturated rings. The summed E-state index contributed by atoms with van der Waals surface area (Å²) in [6, 6.07) is 11.2. The quantitative estimate of drug-likeness (QED) is 0.866. The minimum Gasteiger partial charge on any atom is -0.307 e. The molecular formula is C17H22BrN3. The molecule has 0 saturated heterocycles. The molecule has 1 aliphatic carbocycles. The van der Waals surface area contributed by atoms with Gasteiger partial charge in [-0.25, -0.2) is 0 Å². The molecule has 0 spiro atoms. The molecule has 2 aromatic rings. The van der Waals surface area contributed by atoms with E-state index in [2.05, 4.69) is 62.5 Å². The molecule has 1 aromatic carbocycles. The highest BCUT2D eigenvalue weighted by Crippen LogP contribution is 2.27. The van der Waals surface area contributed by atoms with Crippen LogP contribution in [0.5, 0.6) is 0 Å². The van der Waals surface area contributed by atoms with E-state index in [0.717, 1.165) is 23.3 Å². The Labute approximate surface area is 134 Å². The van der Waals surface area contributed by atoms with Crippen LogP contribution in [-0.4, -0.2) is 9.78 Å². The summed E-state index contributed by atoms with van der Waals surface area (Å²) in [7, 11) is 0. The van der Waals surface area contributed by atoms with Crippen LogP contribution in [0.15, 0.2) is 41.0 Å². The Balaban J connectivity index is 1.50. The highest BCUT2D eigenvalue weighted by molar-refractivity contribution is 9.10. The van der Waals surface area contributed by atoms with Gasteiger partial charge in [0.2, 0.25) is 0 Å². The molecule has 4 heteroatoms. The zero-order valence-corrected chi connectivity index (χ0v) is 13.8. The van der Waals surface area contributed by atoms with Gasteiger partial charge >= 0.3 is 0 Å². The number of halogens is 1. The predicted octanol–water partition coefficient (Wildman–Crippen LogP) is 4.44. The van der Waals surface area contributed by atoms with Gasteiger partial charge in [0.15, 0.2) is 0 Å². The number of aromatic nitrogens is 2. The van der Waals surface area contributed by atoms with E-state index in [1.54, 1.807) is 0 Å². The van der Waals surface area contributed by atoms with E-state index in [1.165, 1.54) is 37.7 Å². The third-order valence-corrected chi connectivity index (χ3v) is 4.63. The van der Waals surface area contributed by atoms with Gasteiger partial charge in [-0.05, 0) is 36.6 Å². The van der Waals surface area contributed by atoms with Gasteiger partial charge in [0.1, 0.15) is 0 Å². The van der Waals surface area contributed by atoms with Gasteiger partial charge in [0.05, 0.1) is 11.7 Å². The van der Waals surface area contributed by atoms with Crippen LogP contribution in [0, 0.1) is 0 Å². The molecule has 0 atom stereocenters. The van der Waals surface area contributed by atoms with Crippen molar-refractivity contribution in [1.29, 1.82) is 0 Å². The average Bonchev–Trinajstić information content (AvgIpc) is 2.97. The summed E-state index contributed by atoms with van der Waals surface area (Å²) in [6.45, 7) is 1.70. The Morgan fingerprint density at radius 1 is 1.14 bits per heavy atom. The molecule has 0 unspecified atom stereocenters. The summed E-state index contributed by atoms with van der Waals surface area (Å²) in [5, 5.41) is 8.19. The molecule has 1 N–H and O–H groups in total.